The molecule has 3 heterocycles. The van der Waals surface area contributed by atoms with Crippen LogP contribution in [0, 0.1) is 0 Å². The van der Waals surface area contributed by atoms with Crippen LogP contribution in [-0.2, 0) is 13.5 Å². The molecule has 0 bridgehead atoms. The summed E-state index contributed by atoms with van der Waals surface area (Å²) in [6.45, 7) is 4.64. The molecule has 0 radical (unpaired) electrons. The maximum atomic E-state index is 12.6. The molecule has 1 aliphatic rings. The van der Waals surface area contributed by atoms with Crippen molar-refractivity contribution in [2.45, 2.75) is 26.2 Å². The van der Waals surface area contributed by atoms with Crippen LogP contribution >= 0.6 is 27.3 Å². The van der Waals surface area contributed by atoms with Crippen LogP contribution in [0.1, 0.15) is 30.5 Å². The van der Waals surface area contributed by atoms with Crippen LogP contribution in [0.5, 0.6) is 5.75 Å². The Bertz CT molecular complexity index is 1020. The molecule has 6 nitrogen and oxygen atoms in total. The van der Waals surface area contributed by atoms with E-state index in [1.807, 2.05) is 32.0 Å². The third-order valence-corrected chi connectivity index (χ3v) is 5.72. The topological polar surface area (TPSA) is 61.9 Å². The third kappa shape index (κ3) is 2.73. The highest BCUT2D eigenvalue weighted by atomic mass is 79.9. The zero-order chi connectivity index (χ0) is 17.7. The zero-order valence-corrected chi connectivity index (χ0v) is 16.5. The highest BCUT2D eigenvalue weighted by Gasteiger charge is 2.24. The largest absolute Gasteiger partial charge is 0.492 e. The molecule has 0 spiro atoms. The molecule has 2 aromatic heterocycles. The zero-order valence-electron chi connectivity index (χ0n) is 14.1. The van der Waals surface area contributed by atoms with Crippen LogP contribution in [0.25, 0.3) is 16.4 Å². The van der Waals surface area contributed by atoms with Gasteiger partial charge in [-0.15, -0.1) is 11.3 Å². The number of thiazole rings is 1. The van der Waals surface area contributed by atoms with E-state index in [0.29, 0.717) is 11.7 Å². The first-order valence-corrected chi connectivity index (χ1v) is 9.65. The molecule has 0 N–H and O–H groups in total. The summed E-state index contributed by atoms with van der Waals surface area (Å²) in [5.74, 6) is 1.67. The first kappa shape index (κ1) is 16.5. The quantitative estimate of drug-likeness (QED) is 0.636. The first-order valence-electron chi connectivity index (χ1n) is 8.04. The Morgan fingerprint density at radius 3 is 2.92 bits per heavy atom. The van der Waals surface area contributed by atoms with E-state index >= 15 is 0 Å². The van der Waals surface area contributed by atoms with Gasteiger partial charge in [-0.1, -0.05) is 29.8 Å². The summed E-state index contributed by atoms with van der Waals surface area (Å²) in [6, 6.07) is 5.94. The van der Waals surface area contributed by atoms with Crippen LogP contribution in [0.15, 0.2) is 27.5 Å². The standard InChI is InChI=1S/C17H17BrN4O2S/c1-9(2)15-20-21(3)17(23)22(15)16-19-14-11-5-4-10(18)8-12(11)24-7-6-13(14)25-16/h4-5,8-9H,6-7H2,1-3H3. The number of hydrogen-bond acceptors (Lipinski definition) is 5. The van der Waals surface area contributed by atoms with Gasteiger partial charge in [-0.3, -0.25) is 0 Å². The maximum Gasteiger partial charge on any atom is 0.352 e. The lowest BCUT2D eigenvalue weighted by Gasteiger charge is -2.07. The van der Waals surface area contributed by atoms with Crippen molar-refractivity contribution >= 4 is 27.3 Å². The van der Waals surface area contributed by atoms with Crippen LogP contribution in [0.4, 0.5) is 0 Å². The Balaban J connectivity index is 1.92. The van der Waals surface area contributed by atoms with Crippen LogP contribution in [0.2, 0.25) is 0 Å². The predicted molar refractivity (Wildman–Crippen MR) is 101 cm³/mol. The van der Waals surface area contributed by atoms with Gasteiger partial charge in [0.2, 0.25) is 0 Å². The van der Waals surface area contributed by atoms with Crippen molar-refractivity contribution in [3.05, 3.63) is 43.9 Å². The van der Waals surface area contributed by atoms with Gasteiger partial charge in [0.25, 0.3) is 0 Å². The second-order valence-electron chi connectivity index (χ2n) is 6.26. The Hall–Kier alpha value is -1.93. The molecule has 1 aromatic carbocycles. The summed E-state index contributed by atoms with van der Waals surface area (Å²) in [6.07, 6.45) is 0.769. The van der Waals surface area contributed by atoms with Gasteiger partial charge in [0, 0.05) is 34.3 Å². The molecule has 0 amide bonds. The number of hydrogen-bond donors (Lipinski definition) is 0. The van der Waals surface area contributed by atoms with E-state index in [4.69, 9.17) is 9.72 Å². The third-order valence-electron chi connectivity index (χ3n) is 4.13. The molecule has 0 aliphatic carbocycles. The Labute approximate surface area is 157 Å². The van der Waals surface area contributed by atoms with Gasteiger partial charge in [-0.2, -0.15) is 5.10 Å². The van der Waals surface area contributed by atoms with Crippen LogP contribution in [0.3, 0.4) is 0 Å². The van der Waals surface area contributed by atoms with E-state index in [1.165, 1.54) is 16.0 Å². The molecular weight excluding hydrogens is 404 g/mol. The molecule has 0 fully saturated rings. The van der Waals surface area contributed by atoms with Crippen molar-refractivity contribution in [1.29, 1.82) is 0 Å². The van der Waals surface area contributed by atoms with Crippen molar-refractivity contribution in [1.82, 2.24) is 19.3 Å². The van der Waals surface area contributed by atoms with E-state index in [1.54, 1.807) is 11.6 Å². The van der Waals surface area contributed by atoms with E-state index in [2.05, 4.69) is 21.0 Å². The lowest BCUT2D eigenvalue weighted by molar-refractivity contribution is 0.327. The summed E-state index contributed by atoms with van der Waals surface area (Å²) in [5, 5.41) is 5.04. The molecule has 0 atom stereocenters. The van der Waals surface area contributed by atoms with E-state index in [9.17, 15) is 4.79 Å². The highest BCUT2D eigenvalue weighted by Crippen LogP contribution is 2.39. The second-order valence-corrected chi connectivity index (χ2v) is 8.24. The number of halogens is 1. The van der Waals surface area contributed by atoms with Crippen molar-refractivity contribution in [3.63, 3.8) is 0 Å². The monoisotopic (exact) mass is 420 g/mol. The minimum absolute atomic E-state index is 0.129. The number of fused-ring (bicyclic) bond motifs is 3. The summed E-state index contributed by atoms with van der Waals surface area (Å²) >= 11 is 5.02. The van der Waals surface area contributed by atoms with Gasteiger partial charge in [0.05, 0.1) is 12.3 Å². The van der Waals surface area contributed by atoms with Crippen molar-refractivity contribution in [2.75, 3.05) is 6.61 Å². The Kier molecular flexibility index (Phi) is 4.04. The van der Waals surface area contributed by atoms with Gasteiger partial charge in [-0.25, -0.2) is 19.0 Å². The number of benzene rings is 1. The van der Waals surface area contributed by atoms with Gasteiger partial charge in [-0.05, 0) is 18.2 Å². The lowest BCUT2D eigenvalue weighted by atomic mass is 10.1. The van der Waals surface area contributed by atoms with Gasteiger partial charge >= 0.3 is 5.69 Å². The van der Waals surface area contributed by atoms with Gasteiger partial charge < -0.3 is 4.74 Å². The minimum Gasteiger partial charge on any atom is -0.492 e. The number of aromatic nitrogens is 4. The highest BCUT2D eigenvalue weighted by molar-refractivity contribution is 9.10. The van der Waals surface area contributed by atoms with E-state index in [0.717, 1.165) is 38.6 Å². The molecule has 0 saturated heterocycles. The predicted octanol–water partition coefficient (Wildman–Crippen LogP) is 3.52. The second kappa shape index (κ2) is 6.10. The summed E-state index contributed by atoms with van der Waals surface area (Å²) in [5.41, 5.74) is 1.69. The average Bonchev–Trinajstić information content (AvgIpc) is 3.05. The normalized spacial score (nSPS) is 13.3. The smallest absolute Gasteiger partial charge is 0.352 e. The molecule has 0 unspecified atom stereocenters. The fourth-order valence-corrected chi connectivity index (χ4v) is 4.32. The van der Waals surface area contributed by atoms with Gasteiger partial charge in [0.1, 0.15) is 11.6 Å². The number of nitrogens with zero attached hydrogens (tertiary/aromatic N) is 4. The molecule has 3 aromatic rings. The van der Waals surface area contributed by atoms with Crippen molar-refractivity contribution < 1.29 is 4.74 Å². The fraction of sp³-hybridized carbons (Fsp3) is 0.353. The van der Waals surface area contributed by atoms with Crippen LogP contribution < -0.4 is 10.4 Å². The molecule has 130 valence electrons. The number of aryl methyl sites for hydroxylation is 1. The molecule has 25 heavy (non-hydrogen) atoms. The average molecular weight is 421 g/mol. The van der Waals surface area contributed by atoms with Crippen molar-refractivity contribution in [3.8, 4) is 22.1 Å². The molecule has 0 saturated carbocycles. The Morgan fingerprint density at radius 2 is 2.16 bits per heavy atom. The van der Waals surface area contributed by atoms with Gasteiger partial charge in [0.15, 0.2) is 5.13 Å². The minimum atomic E-state index is -0.167. The first-order chi connectivity index (χ1) is 12.0. The molecule has 1 aliphatic heterocycles. The molecular formula is C17H17BrN4O2S. The van der Waals surface area contributed by atoms with Crippen LogP contribution in [-0.4, -0.2) is 25.9 Å². The fourth-order valence-electron chi connectivity index (χ4n) is 2.92. The molecule has 4 rings (SSSR count). The summed E-state index contributed by atoms with van der Waals surface area (Å²) in [4.78, 5) is 18.5. The number of rotatable bonds is 2. The maximum absolute atomic E-state index is 12.6. The number of ether oxygens (including phenoxy) is 1. The summed E-state index contributed by atoms with van der Waals surface area (Å²) < 4.78 is 9.82. The lowest BCUT2D eigenvalue weighted by Crippen LogP contribution is -2.22. The SMILES string of the molecule is CC(C)c1nn(C)c(=O)n1-c1nc2c(s1)CCOc1cc(Br)ccc1-2. The Morgan fingerprint density at radius 1 is 1.36 bits per heavy atom. The molecule has 8 heteroatoms. The summed E-state index contributed by atoms with van der Waals surface area (Å²) in [7, 11) is 1.67. The van der Waals surface area contributed by atoms with E-state index in [-0.39, 0.29) is 11.6 Å². The van der Waals surface area contributed by atoms with Crippen molar-refractivity contribution in [2.24, 2.45) is 7.05 Å². The van der Waals surface area contributed by atoms with E-state index < -0.39 is 0 Å².